The van der Waals surface area contributed by atoms with Crippen LogP contribution in [-0.2, 0) is 9.53 Å². The van der Waals surface area contributed by atoms with E-state index in [1.165, 1.54) is 6.08 Å². The number of allylic oxidation sites excluding steroid dienone is 1. The molecular formula is C9H15ClO2. The minimum Gasteiger partial charge on any atom is -0.460 e. The highest BCUT2D eigenvalue weighted by Gasteiger charge is 2.17. The van der Waals surface area contributed by atoms with Crippen molar-refractivity contribution >= 4 is 17.6 Å². The Hall–Kier alpha value is -0.500. The van der Waals surface area contributed by atoms with E-state index in [1.807, 2.05) is 20.8 Å². The molecule has 0 amide bonds. The van der Waals surface area contributed by atoms with Gasteiger partial charge < -0.3 is 4.74 Å². The van der Waals surface area contributed by atoms with Gasteiger partial charge in [-0.3, -0.25) is 4.79 Å². The van der Waals surface area contributed by atoms with Gasteiger partial charge in [-0.05, 0) is 20.8 Å². The average molecular weight is 191 g/mol. The number of alkyl halides is 1. The predicted octanol–water partition coefficient (Wildman–Crippen LogP) is 2.51. The molecule has 3 heteroatoms. The van der Waals surface area contributed by atoms with Crippen molar-refractivity contribution in [3.63, 3.8) is 0 Å². The summed E-state index contributed by atoms with van der Waals surface area (Å²) in [5.41, 5.74) is -0.436. The molecule has 0 saturated heterocycles. The summed E-state index contributed by atoms with van der Waals surface area (Å²) < 4.78 is 5.04. The van der Waals surface area contributed by atoms with Crippen LogP contribution in [-0.4, -0.2) is 16.9 Å². The number of carbonyl (C=O) groups is 1. The molecule has 0 saturated carbocycles. The molecule has 0 rings (SSSR count). The van der Waals surface area contributed by atoms with E-state index in [2.05, 4.69) is 6.58 Å². The molecule has 0 aromatic rings. The van der Waals surface area contributed by atoms with Crippen LogP contribution in [0, 0.1) is 0 Å². The van der Waals surface area contributed by atoms with Gasteiger partial charge in [-0.25, -0.2) is 0 Å². The van der Waals surface area contributed by atoms with Gasteiger partial charge in [0, 0.05) is 0 Å². The first kappa shape index (κ1) is 11.5. The summed E-state index contributed by atoms with van der Waals surface area (Å²) in [6.45, 7) is 8.93. The van der Waals surface area contributed by atoms with Gasteiger partial charge in [-0.15, -0.1) is 18.2 Å². The number of esters is 1. The molecule has 0 aromatic carbocycles. The number of hydrogen-bond acceptors (Lipinski definition) is 2. The van der Waals surface area contributed by atoms with Crippen LogP contribution in [0.15, 0.2) is 12.7 Å². The van der Waals surface area contributed by atoms with E-state index in [4.69, 9.17) is 16.3 Å². The average Bonchev–Trinajstić information content (AvgIpc) is 1.82. The lowest BCUT2D eigenvalue weighted by atomic mass is 10.2. The van der Waals surface area contributed by atoms with Gasteiger partial charge in [0.1, 0.15) is 5.60 Å². The Labute approximate surface area is 78.5 Å². The van der Waals surface area contributed by atoms with Crippen molar-refractivity contribution in [2.24, 2.45) is 0 Å². The quantitative estimate of drug-likeness (QED) is 0.388. The van der Waals surface area contributed by atoms with Crippen molar-refractivity contribution in [1.29, 1.82) is 0 Å². The largest absolute Gasteiger partial charge is 0.460 e. The van der Waals surface area contributed by atoms with Crippen LogP contribution in [0.3, 0.4) is 0 Å². The topological polar surface area (TPSA) is 26.3 Å². The maximum Gasteiger partial charge on any atom is 0.308 e. The first-order chi connectivity index (χ1) is 5.35. The highest BCUT2D eigenvalue weighted by atomic mass is 35.5. The standard InChI is InChI=1S/C9H15ClO2/c1-5-7(10)6-8(11)12-9(2,3)4/h5,7H,1,6H2,2-4H3. The van der Waals surface area contributed by atoms with Gasteiger partial charge in [0.2, 0.25) is 0 Å². The zero-order valence-corrected chi connectivity index (χ0v) is 8.52. The van der Waals surface area contributed by atoms with Gasteiger partial charge in [-0.2, -0.15) is 0 Å². The van der Waals surface area contributed by atoms with Crippen LogP contribution in [0.4, 0.5) is 0 Å². The van der Waals surface area contributed by atoms with Crippen molar-refractivity contribution in [3.05, 3.63) is 12.7 Å². The van der Waals surface area contributed by atoms with E-state index in [9.17, 15) is 4.79 Å². The van der Waals surface area contributed by atoms with E-state index < -0.39 is 5.60 Å². The molecule has 0 aliphatic heterocycles. The molecule has 0 spiro atoms. The third kappa shape index (κ3) is 6.23. The second kappa shape index (κ2) is 4.51. The van der Waals surface area contributed by atoms with Crippen molar-refractivity contribution in [2.45, 2.75) is 38.2 Å². The molecule has 0 radical (unpaired) electrons. The highest BCUT2D eigenvalue weighted by molar-refractivity contribution is 6.22. The molecule has 0 heterocycles. The van der Waals surface area contributed by atoms with Crippen molar-refractivity contribution in [2.75, 3.05) is 0 Å². The molecule has 1 unspecified atom stereocenters. The Bertz CT molecular complexity index is 170. The van der Waals surface area contributed by atoms with Crippen LogP contribution in [0.2, 0.25) is 0 Å². The van der Waals surface area contributed by atoms with Gasteiger partial charge in [0.05, 0.1) is 11.8 Å². The zero-order valence-electron chi connectivity index (χ0n) is 7.76. The predicted molar refractivity (Wildman–Crippen MR) is 50.3 cm³/mol. The van der Waals surface area contributed by atoms with Gasteiger partial charge in [0.25, 0.3) is 0 Å². The van der Waals surface area contributed by atoms with E-state index >= 15 is 0 Å². The van der Waals surface area contributed by atoms with Gasteiger partial charge in [-0.1, -0.05) is 6.08 Å². The molecule has 2 nitrogen and oxygen atoms in total. The Balaban J connectivity index is 3.82. The third-order valence-corrected chi connectivity index (χ3v) is 1.37. The summed E-state index contributed by atoms with van der Waals surface area (Å²) in [6.07, 6.45) is 1.70. The number of carbonyl (C=O) groups excluding carboxylic acids is 1. The summed E-state index contributed by atoms with van der Waals surface area (Å²) in [5.74, 6) is -0.289. The molecule has 0 aromatic heterocycles. The maximum atomic E-state index is 11.1. The SMILES string of the molecule is C=CC(Cl)CC(=O)OC(C)(C)C. The molecule has 0 bridgehead atoms. The minimum absolute atomic E-state index is 0.183. The fourth-order valence-electron chi connectivity index (χ4n) is 0.626. The Morgan fingerprint density at radius 1 is 1.67 bits per heavy atom. The minimum atomic E-state index is -0.436. The number of halogens is 1. The van der Waals surface area contributed by atoms with Crippen molar-refractivity contribution in [3.8, 4) is 0 Å². The van der Waals surface area contributed by atoms with E-state index in [-0.39, 0.29) is 17.8 Å². The second-order valence-corrected chi connectivity index (χ2v) is 4.10. The summed E-state index contributed by atoms with van der Waals surface area (Å²) in [4.78, 5) is 11.1. The lowest BCUT2D eigenvalue weighted by molar-refractivity contribution is -0.154. The third-order valence-electron chi connectivity index (χ3n) is 1.04. The highest BCUT2D eigenvalue weighted by Crippen LogP contribution is 2.11. The molecule has 0 N–H and O–H groups in total. The lowest BCUT2D eigenvalue weighted by Gasteiger charge is -2.19. The van der Waals surface area contributed by atoms with Crippen LogP contribution < -0.4 is 0 Å². The summed E-state index contributed by atoms with van der Waals surface area (Å²) in [6, 6.07) is 0. The first-order valence-electron chi connectivity index (χ1n) is 3.83. The Morgan fingerprint density at radius 3 is 2.50 bits per heavy atom. The van der Waals surface area contributed by atoms with Gasteiger partial charge >= 0.3 is 5.97 Å². The van der Waals surface area contributed by atoms with Crippen molar-refractivity contribution < 1.29 is 9.53 Å². The number of rotatable bonds is 3. The molecule has 1 atom stereocenters. The molecule has 12 heavy (non-hydrogen) atoms. The summed E-state index contributed by atoms with van der Waals surface area (Å²) >= 11 is 5.67. The lowest BCUT2D eigenvalue weighted by Crippen LogP contribution is -2.25. The van der Waals surface area contributed by atoms with E-state index in [0.717, 1.165) is 0 Å². The number of hydrogen-bond donors (Lipinski definition) is 0. The first-order valence-corrected chi connectivity index (χ1v) is 4.27. The van der Waals surface area contributed by atoms with Gasteiger partial charge in [0.15, 0.2) is 0 Å². The fraction of sp³-hybridized carbons (Fsp3) is 0.667. The second-order valence-electron chi connectivity index (χ2n) is 3.54. The van der Waals surface area contributed by atoms with Crippen LogP contribution >= 0.6 is 11.6 Å². The number of ether oxygens (including phenoxy) is 1. The summed E-state index contributed by atoms with van der Waals surface area (Å²) in [7, 11) is 0. The monoisotopic (exact) mass is 190 g/mol. The van der Waals surface area contributed by atoms with Crippen molar-refractivity contribution in [1.82, 2.24) is 0 Å². The van der Waals surface area contributed by atoms with E-state index in [1.54, 1.807) is 0 Å². The Kier molecular flexibility index (Phi) is 4.32. The molecular weight excluding hydrogens is 176 g/mol. The van der Waals surface area contributed by atoms with Crippen LogP contribution in [0.25, 0.3) is 0 Å². The Morgan fingerprint density at radius 2 is 2.17 bits per heavy atom. The summed E-state index contributed by atoms with van der Waals surface area (Å²) in [5, 5.41) is -0.333. The molecule has 0 fully saturated rings. The maximum absolute atomic E-state index is 11.1. The smallest absolute Gasteiger partial charge is 0.308 e. The molecule has 0 aliphatic rings. The van der Waals surface area contributed by atoms with Crippen LogP contribution in [0.5, 0.6) is 0 Å². The molecule has 70 valence electrons. The normalized spacial score (nSPS) is 13.7. The molecule has 0 aliphatic carbocycles. The zero-order chi connectivity index (χ0) is 9.78. The fourth-order valence-corrected chi connectivity index (χ4v) is 0.752. The van der Waals surface area contributed by atoms with Crippen LogP contribution in [0.1, 0.15) is 27.2 Å². The van der Waals surface area contributed by atoms with E-state index in [0.29, 0.717) is 0 Å².